The number of aromatic amines is 1. The fraction of sp³-hybridized carbons (Fsp3) is 0.0667. The number of azo groups is 1. The molecule has 0 radical (unpaired) electrons. The standard InChI is InChI=1S/C15H12N4O3/c1-9-3-2-4-10(7-9)17-18-14-12-8-11(19(21)22)5-6-13(12)16-15(14)20/h2-8,16,20H,1H3. The van der Waals surface area contributed by atoms with Crippen LogP contribution in [0.1, 0.15) is 5.56 Å². The number of nitro groups is 1. The summed E-state index contributed by atoms with van der Waals surface area (Å²) in [5.74, 6) is -0.174. The van der Waals surface area contributed by atoms with Crippen molar-refractivity contribution in [3.63, 3.8) is 0 Å². The van der Waals surface area contributed by atoms with Gasteiger partial charge in [0.25, 0.3) is 5.69 Å². The fourth-order valence-corrected chi connectivity index (χ4v) is 2.16. The van der Waals surface area contributed by atoms with Gasteiger partial charge in [0, 0.05) is 17.5 Å². The molecule has 0 spiro atoms. The number of nitrogens with zero attached hydrogens (tertiary/aromatic N) is 3. The average molecular weight is 296 g/mol. The first-order valence-corrected chi connectivity index (χ1v) is 6.52. The number of benzene rings is 2. The Balaban J connectivity index is 2.07. The highest BCUT2D eigenvalue weighted by Gasteiger charge is 2.14. The van der Waals surface area contributed by atoms with Gasteiger partial charge < -0.3 is 10.1 Å². The van der Waals surface area contributed by atoms with Gasteiger partial charge in [-0.25, -0.2) is 0 Å². The topological polar surface area (TPSA) is 104 Å². The summed E-state index contributed by atoms with van der Waals surface area (Å²) in [6.45, 7) is 1.94. The zero-order valence-corrected chi connectivity index (χ0v) is 11.6. The van der Waals surface area contributed by atoms with Crippen LogP contribution in [-0.2, 0) is 0 Å². The van der Waals surface area contributed by atoms with E-state index >= 15 is 0 Å². The highest BCUT2D eigenvalue weighted by atomic mass is 16.6. The number of H-pyrrole nitrogens is 1. The molecule has 7 nitrogen and oxygen atoms in total. The van der Waals surface area contributed by atoms with Crippen LogP contribution in [0.2, 0.25) is 0 Å². The predicted octanol–water partition coefficient (Wildman–Crippen LogP) is 4.51. The molecule has 22 heavy (non-hydrogen) atoms. The van der Waals surface area contributed by atoms with Gasteiger partial charge in [0.15, 0.2) is 5.69 Å². The van der Waals surface area contributed by atoms with E-state index in [1.165, 1.54) is 18.2 Å². The van der Waals surface area contributed by atoms with E-state index in [0.29, 0.717) is 16.6 Å². The number of fused-ring (bicyclic) bond motifs is 1. The summed E-state index contributed by atoms with van der Waals surface area (Å²) < 4.78 is 0. The van der Waals surface area contributed by atoms with Crippen molar-refractivity contribution in [2.24, 2.45) is 10.2 Å². The second kappa shape index (κ2) is 5.28. The summed E-state index contributed by atoms with van der Waals surface area (Å²) >= 11 is 0. The molecule has 2 N–H and O–H groups in total. The molecule has 1 heterocycles. The molecular weight excluding hydrogens is 284 g/mol. The van der Waals surface area contributed by atoms with Crippen molar-refractivity contribution < 1.29 is 10.0 Å². The molecule has 0 aliphatic heterocycles. The summed E-state index contributed by atoms with van der Waals surface area (Å²) in [6.07, 6.45) is 0. The lowest BCUT2D eigenvalue weighted by atomic mass is 10.2. The molecule has 3 rings (SSSR count). The van der Waals surface area contributed by atoms with Gasteiger partial charge >= 0.3 is 0 Å². The lowest BCUT2D eigenvalue weighted by Crippen LogP contribution is -1.86. The molecule has 110 valence electrons. The maximum Gasteiger partial charge on any atom is 0.270 e. The Hall–Kier alpha value is -3.22. The highest BCUT2D eigenvalue weighted by molar-refractivity contribution is 5.95. The molecule has 0 saturated heterocycles. The largest absolute Gasteiger partial charge is 0.493 e. The lowest BCUT2D eigenvalue weighted by molar-refractivity contribution is -0.384. The van der Waals surface area contributed by atoms with E-state index in [2.05, 4.69) is 15.2 Å². The normalized spacial score (nSPS) is 11.3. The van der Waals surface area contributed by atoms with Crippen molar-refractivity contribution in [2.45, 2.75) is 6.92 Å². The van der Waals surface area contributed by atoms with Crippen LogP contribution in [0.4, 0.5) is 17.1 Å². The quantitative estimate of drug-likeness (QED) is 0.422. The number of non-ortho nitro benzene ring substituents is 1. The van der Waals surface area contributed by atoms with Crippen LogP contribution in [0.5, 0.6) is 5.88 Å². The summed E-state index contributed by atoms with van der Waals surface area (Å²) in [7, 11) is 0. The highest BCUT2D eigenvalue weighted by Crippen LogP contribution is 2.37. The molecule has 0 amide bonds. The van der Waals surface area contributed by atoms with Gasteiger partial charge in [-0.1, -0.05) is 12.1 Å². The SMILES string of the molecule is Cc1cccc(N=Nc2c(O)[nH]c3ccc([N+](=O)[O-])cc23)c1. The van der Waals surface area contributed by atoms with Gasteiger partial charge in [0.05, 0.1) is 16.1 Å². The summed E-state index contributed by atoms with van der Waals surface area (Å²) in [4.78, 5) is 13.1. The lowest BCUT2D eigenvalue weighted by Gasteiger charge is -1.95. The maximum absolute atomic E-state index is 10.9. The van der Waals surface area contributed by atoms with Gasteiger partial charge in [-0.15, -0.1) is 5.11 Å². The minimum absolute atomic E-state index is 0.0708. The minimum atomic E-state index is -0.495. The second-order valence-electron chi connectivity index (χ2n) is 4.85. The fourth-order valence-electron chi connectivity index (χ4n) is 2.16. The Bertz CT molecular complexity index is 899. The first-order chi connectivity index (χ1) is 10.5. The predicted molar refractivity (Wildman–Crippen MR) is 82.0 cm³/mol. The number of aromatic hydroxyl groups is 1. The van der Waals surface area contributed by atoms with Crippen LogP contribution in [0, 0.1) is 17.0 Å². The Morgan fingerprint density at radius 1 is 1.18 bits per heavy atom. The summed E-state index contributed by atoms with van der Waals surface area (Å²) in [5, 5.41) is 29.3. The van der Waals surface area contributed by atoms with E-state index in [-0.39, 0.29) is 17.3 Å². The van der Waals surface area contributed by atoms with E-state index in [1.54, 1.807) is 6.07 Å². The zero-order valence-electron chi connectivity index (χ0n) is 11.6. The van der Waals surface area contributed by atoms with Crippen LogP contribution in [-0.4, -0.2) is 15.0 Å². The minimum Gasteiger partial charge on any atom is -0.493 e. The van der Waals surface area contributed by atoms with Crippen LogP contribution in [0.3, 0.4) is 0 Å². The van der Waals surface area contributed by atoms with Crippen molar-refractivity contribution in [3.05, 3.63) is 58.1 Å². The number of hydrogen-bond donors (Lipinski definition) is 2. The van der Waals surface area contributed by atoms with Gasteiger partial charge in [-0.3, -0.25) is 10.1 Å². The van der Waals surface area contributed by atoms with Gasteiger partial charge in [0.2, 0.25) is 5.88 Å². The Labute approximate surface area is 125 Å². The number of hydrogen-bond acceptors (Lipinski definition) is 5. The molecule has 3 aromatic rings. The molecule has 0 bridgehead atoms. The monoisotopic (exact) mass is 296 g/mol. The third kappa shape index (κ3) is 2.51. The number of nitro benzene ring substituents is 1. The van der Waals surface area contributed by atoms with Crippen LogP contribution < -0.4 is 0 Å². The molecule has 0 unspecified atom stereocenters. The molecule has 0 saturated carbocycles. The van der Waals surface area contributed by atoms with Crippen LogP contribution in [0.25, 0.3) is 10.9 Å². The molecule has 0 aliphatic rings. The number of nitrogens with one attached hydrogen (secondary N) is 1. The maximum atomic E-state index is 10.9. The van der Waals surface area contributed by atoms with Crippen molar-refractivity contribution in [1.82, 2.24) is 4.98 Å². The van der Waals surface area contributed by atoms with Crippen molar-refractivity contribution in [1.29, 1.82) is 0 Å². The van der Waals surface area contributed by atoms with Gasteiger partial charge in [-0.2, -0.15) is 5.11 Å². The second-order valence-corrected chi connectivity index (χ2v) is 4.85. The molecule has 0 aliphatic carbocycles. The van der Waals surface area contributed by atoms with E-state index in [0.717, 1.165) is 5.56 Å². The van der Waals surface area contributed by atoms with Crippen molar-refractivity contribution >= 4 is 28.0 Å². The van der Waals surface area contributed by atoms with Crippen LogP contribution >= 0.6 is 0 Å². The third-order valence-electron chi connectivity index (χ3n) is 3.21. The van der Waals surface area contributed by atoms with E-state index < -0.39 is 4.92 Å². The molecule has 2 aromatic carbocycles. The first-order valence-electron chi connectivity index (χ1n) is 6.52. The third-order valence-corrected chi connectivity index (χ3v) is 3.21. The summed E-state index contributed by atoms with van der Waals surface area (Å²) in [5.41, 5.74) is 2.34. The molecule has 1 aromatic heterocycles. The van der Waals surface area contributed by atoms with Crippen LogP contribution in [0.15, 0.2) is 52.7 Å². The Morgan fingerprint density at radius 3 is 2.73 bits per heavy atom. The molecule has 0 fully saturated rings. The Kier molecular flexibility index (Phi) is 3.30. The first kappa shape index (κ1) is 13.7. The van der Waals surface area contributed by atoms with Crippen molar-refractivity contribution in [2.75, 3.05) is 0 Å². The number of rotatable bonds is 3. The zero-order chi connectivity index (χ0) is 15.7. The van der Waals surface area contributed by atoms with Gasteiger partial charge in [-0.05, 0) is 30.7 Å². The molecular formula is C15H12N4O3. The van der Waals surface area contributed by atoms with E-state index in [4.69, 9.17) is 0 Å². The smallest absolute Gasteiger partial charge is 0.270 e. The van der Waals surface area contributed by atoms with E-state index in [9.17, 15) is 15.2 Å². The average Bonchev–Trinajstić information content (AvgIpc) is 2.79. The Morgan fingerprint density at radius 2 is 2.00 bits per heavy atom. The summed E-state index contributed by atoms with van der Waals surface area (Å²) in [6, 6.07) is 11.7. The van der Waals surface area contributed by atoms with E-state index in [1.807, 2.05) is 25.1 Å². The van der Waals surface area contributed by atoms with Crippen molar-refractivity contribution in [3.8, 4) is 5.88 Å². The number of aryl methyl sites for hydroxylation is 1. The van der Waals surface area contributed by atoms with Gasteiger partial charge in [0.1, 0.15) is 0 Å². The molecule has 0 atom stereocenters. The number of aromatic nitrogens is 1. The molecule has 7 heteroatoms.